The molecule has 3 N–H and O–H groups in total. The van der Waals surface area contributed by atoms with E-state index in [0.717, 1.165) is 0 Å². The second kappa shape index (κ2) is 9.25. The molecule has 0 saturated heterocycles. The molecule has 0 bridgehead atoms. The third-order valence-corrected chi connectivity index (χ3v) is 4.36. The Labute approximate surface area is 170 Å². The Kier molecular flexibility index (Phi) is 7.02. The van der Waals surface area contributed by atoms with Gasteiger partial charge in [0.1, 0.15) is 5.75 Å². The van der Waals surface area contributed by atoms with Gasteiger partial charge in [0.05, 0.1) is 20.7 Å². The number of anilines is 1. The van der Waals surface area contributed by atoms with Crippen LogP contribution in [0.25, 0.3) is 0 Å². The number of carbonyl (C=O) groups is 2. The first-order valence-corrected chi connectivity index (χ1v) is 8.67. The van der Waals surface area contributed by atoms with E-state index in [1.807, 2.05) is 0 Å². The summed E-state index contributed by atoms with van der Waals surface area (Å²) in [5.41, 5.74) is 4.96. The van der Waals surface area contributed by atoms with Crippen molar-refractivity contribution in [1.82, 2.24) is 10.9 Å². The van der Waals surface area contributed by atoms with E-state index in [9.17, 15) is 19.7 Å². The lowest BCUT2D eigenvalue weighted by Gasteiger charge is -2.16. The summed E-state index contributed by atoms with van der Waals surface area (Å²) >= 11 is 11.8. The van der Waals surface area contributed by atoms with Gasteiger partial charge in [-0.2, -0.15) is 0 Å². The monoisotopic (exact) mass is 426 g/mol. The number of carbonyl (C=O) groups excluding carboxylic acids is 2. The highest BCUT2D eigenvalue weighted by Crippen LogP contribution is 2.29. The predicted molar refractivity (Wildman–Crippen MR) is 105 cm³/mol. The summed E-state index contributed by atoms with van der Waals surface area (Å²) in [6.07, 6.45) is -0.976. The maximum Gasteiger partial charge on any atom is 0.337 e. The third-order valence-electron chi connectivity index (χ3n) is 3.55. The van der Waals surface area contributed by atoms with Gasteiger partial charge in [0.15, 0.2) is 6.10 Å². The number of hydrogen-bond acceptors (Lipinski definition) is 5. The van der Waals surface area contributed by atoms with Crippen molar-refractivity contribution in [2.45, 2.75) is 20.0 Å². The quantitative estimate of drug-likeness (QED) is 0.495. The summed E-state index contributed by atoms with van der Waals surface area (Å²) < 4.78 is 5.43. The van der Waals surface area contributed by atoms with Gasteiger partial charge in [-0.3, -0.25) is 20.3 Å². The Morgan fingerprint density at radius 3 is 2.54 bits per heavy atom. The van der Waals surface area contributed by atoms with Crippen molar-refractivity contribution in [3.63, 3.8) is 0 Å². The fourth-order valence-corrected chi connectivity index (χ4v) is 2.49. The van der Waals surface area contributed by atoms with Gasteiger partial charge in [0, 0.05) is 11.6 Å². The van der Waals surface area contributed by atoms with Crippen molar-refractivity contribution in [1.29, 1.82) is 0 Å². The van der Waals surface area contributed by atoms with Crippen LogP contribution in [0.3, 0.4) is 0 Å². The number of urea groups is 1. The summed E-state index contributed by atoms with van der Waals surface area (Å²) in [6, 6.07) is 8.09. The molecule has 2 aromatic carbocycles. The molecule has 2 aromatic rings. The molecule has 11 heteroatoms. The normalized spacial score (nSPS) is 11.3. The SMILES string of the molecule is Cc1cc(O[C@H](C)C(=O)NNC(=O)Nc2cccc(Cl)c2Cl)ccc1[N+](=O)[O-]. The van der Waals surface area contributed by atoms with Crippen LogP contribution in [0, 0.1) is 17.0 Å². The maximum atomic E-state index is 12.1. The largest absolute Gasteiger partial charge is 0.481 e. The summed E-state index contributed by atoms with van der Waals surface area (Å²) in [6.45, 7) is 3.02. The van der Waals surface area contributed by atoms with Crippen LogP contribution in [0.4, 0.5) is 16.2 Å². The van der Waals surface area contributed by atoms with Crippen LogP contribution in [0.15, 0.2) is 36.4 Å². The first kappa shape index (κ1) is 21.3. The van der Waals surface area contributed by atoms with Crippen molar-refractivity contribution in [2.24, 2.45) is 0 Å². The van der Waals surface area contributed by atoms with Crippen molar-refractivity contribution in [3.05, 3.63) is 62.1 Å². The molecular formula is C17H16Cl2N4O5. The molecule has 0 aromatic heterocycles. The third kappa shape index (κ3) is 5.48. The first-order valence-electron chi connectivity index (χ1n) is 7.91. The second-order valence-electron chi connectivity index (χ2n) is 5.64. The van der Waals surface area contributed by atoms with Crippen LogP contribution in [-0.4, -0.2) is 23.0 Å². The number of amides is 3. The van der Waals surface area contributed by atoms with Gasteiger partial charge >= 0.3 is 6.03 Å². The van der Waals surface area contributed by atoms with Gasteiger partial charge in [-0.25, -0.2) is 10.2 Å². The zero-order valence-electron chi connectivity index (χ0n) is 14.8. The van der Waals surface area contributed by atoms with E-state index in [1.165, 1.54) is 31.2 Å². The average Bonchev–Trinajstić information content (AvgIpc) is 2.63. The molecule has 0 aliphatic rings. The molecule has 3 amide bonds. The summed E-state index contributed by atoms with van der Waals surface area (Å²) in [5.74, 6) is -0.357. The fourth-order valence-electron chi connectivity index (χ4n) is 2.14. The predicted octanol–water partition coefficient (Wildman–Crippen LogP) is 3.83. The number of aryl methyl sites for hydroxylation is 1. The summed E-state index contributed by atoms with van der Waals surface area (Å²) in [4.78, 5) is 34.2. The van der Waals surface area contributed by atoms with Crippen molar-refractivity contribution in [3.8, 4) is 5.75 Å². The molecule has 0 aliphatic carbocycles. The molecular weight excluding hydrogens is 411 g/mol. The molecule has 0 heterocycles. The van der Waals surface area contributed by atoms with Crippen LogP contribution in [-0.2, 0) is 4.79 Å². The number of nitro benzene ring substituents is 1. The second-order valence-corrected chi connectivity index (χ2v) is 6.42. The van der Waals surface area contributed by atoms with E-state index in [-0.39, 0.29) is 27.2 Å². The fraction of sp³-hybridized carbons (Fsp3) is 0.176. The zero-order valence-corrected chi connectivity index (χ0v) is 16.3. The number of ether oxygens (including phenoxy) is 1. The van der Waals surface area contributed by atoms with E-state index in [2.05, 4.69) is 16.2 Å². The molecule has 0 radical (unpaired) electrons. The van der Waals surface area contributed by atoms with Gasteiger partial charge < -0.3 is 10.1 Å². The highest BCUT2D eigenvalue weighted by Gasteiger charge is 2.18. The average molecular weight is 427 g/mol. The maximum absolute atomic E-state index is 12.1. The molecule has 0 unspecified atom stereocenters. The molecule has 9 nitrogen and oxygen atoms in total. The molecule has 28 heavy (non-hydrogen) atoms. The zero-order chi connectivity index (χ0) is 20.8. The van der Waals surface area contributed by atoms with Crippen LogP contribution in [0.2, 0.25) is 10.0 Å². The van der Waals surface area contributed by atoms with E-state index >= 15 is 0 Å². The summed E-state index contributed by atoms with van der Waals surface area (Å²) in [7, 11) is 0. The number of nitrogens with one attached hydrogen (secondary N) is 3. The van der Waals surface area contributed by atoms with Crippen molar-refractivity contribution >= 4 is 46.5 Å². The number of hydrogen-bond donors (Lipinski definition) is 3. The number of rotatable bonds is 5. The lowest BCUT2D eigenvalue weighted by Crippen LogP contribution is -2.48. The molecule has 1 atom stereocenters. The van der Waals surface area contributed by atoms with Gasteiger partial charge in [0.2, 0.25) is 0 Å². The van der Waals surface area contributed by atoms with Gasteiger partial charge in [-0.1, -0.05) is 29.3 Å². The number of nitro groups is 1. The van der Waals surface area contributed by atoms with E-state index in [1.54, 1.807) is 19.1 Å². The lowest BCUT2D eigenvalue weighted by molar-refractivity contribution is -0.385. The molecule has 0 spiro atoms. The van der Waals surface area contributed by atoms with Crippen LogP contribution >= 0.6 is 23.2 Å². The Hall–Kier alpha value is -3.04. The van der Waals surface area contributed by atoms with Gasteiger partial charge in [-0.15, -0.1) is 0 Å². The standard InChI is InChI=1S/C17H16Cl2N4O5/c1-9-8-11(6-7-14(9)23(26)27)28-10(2)16(24)21-22-17(25)20-13-5-3-4-12(18)15(13)19/h3-8,10H,1-2H3,(H,21,24)(H2,20,22,25)/t10-/m1/s1. The van der Waals surface area contributed by atoms with E-state index < -0.39 is 23.0 Å². The number of nitrogens with zero attached hydrogens (tertiary/aromatic N) is 1. The minimum absolute atomic E-state index is 0.0533. The molecule has 0 saturated carbocycles. The Balaban J connectivity index is 1.88. The smallest absolute Gasteiger partial charge is 0.337 e. The topological polar surface area (TPSA) is 123 Å². The first-order chi connectivity index (χ1) is 13.2. The molecule has 0 fully saturated rings. The van der Waals surface area contributed by atoms with Crippen molar-refractivity contribution in [2.75, 3.05) is 5.32 Å². The van der Waals surface area contributed by atoms with Crippen LogP contribution < -0.4 is 20.9 Å². The summed E-state index contributed by atoms with van der Waals surface area (Å²) in [5, 5.41) is 13.7. The highest BCUT2D eigenvalue weighted by molar-refractivity contribution is 6.43. The molecule has 2 rings (SSSR count). The minimum Gasteiger partial charge on any atom is -0.481 e. The number of hydrazine groups is 1. The Morgan fingerprint density at radius 1 is 1.18 bits per heavy atom. The number of benzene rings is 2. The van der Waals surface area contributed by atoms with E-state index in [4.69, 9.17) is 27.9 Å². The Morgan fingerprint density at radius 2 is 1.89 bits per heavy atom. The number of halogens is 2. The van der Waals surface area contributed by atoms with Gasteiger partial charge in [0.25, 0.3) is 11.6 Å². The lowest BCUT2D eigenvalue weighted by atomic mass is 10.2. The van der Waals surface area contributed by atoms with Gasteiger partial charge in [-0.05, 0) is 38.1 Å². The van der Waals surface area contributed by atoms with Crippen molar-refractivity contribution < 1.29 is 19.2 Å². The highest BCUT2D eigenvalue weighted by atomic mass is 35.5. The Bertz CT molecular complexity index is 922. The van der Waals surface area contributed by atoms with Crippen LogP contribution in [0.5, 0.6) is 5.75 Å². The molecule has 148 valence electrons. The van der Waals surface area contributed by atoms with E-state index in [0.29, 0.717) is 5.56 Å². The molecule has 0 aliphatic heterocycles. The van der Waals surface area contributed by atoms with Crippen LogP contribution in [0.1, 0.15) is 12.5 Å². The minimum atomic E-state index is -0.976.